The van der Waals surface area contributed by atoms with Gasteiger partial charge in [0.1, 0.15) is 18.7 Å². The molecule has 4 amide bonds. The van der Waals surface area contributed by atoms with Gasteiger partial charge in [-0.1, -0.05) is 25.0 Å². The van der Waals surface area contributed by atoms with E-state index in [9.17, 15) is 24.0 Å². The molecule has 0 aromatic heterocycles. The van der Waals surface area contributed by atoms with Crippen LogP contribution < -0.4 is 21.3 Å². The van der Waals surface area contributed by atoms with Crippen LogP contribution in [0.3, 0.4) is 0 Å². The number of ether oxygens (including phenoxy) is 1. The van der Waals surface area contributed by atoms with Crippen LogP contribution in [0.2, 0.25) is 0 Å². The number of carbonyl (C=O) groups excluding carboxylic acids is 5. The molecule has 0 spiro atoms. The molecule has 3 aliphatic heterocycles. The summed E-state index contributed by atoms with van der Waals surface area (Å²) in [7, 11) is 1.69. The second-order valence-corrected chi connectivity index (χ2v) is 10.3. The molecule has 1 aromatic carbocycles. The molecule has 38 heavy (non-hydrogen) atoms. The van der Waals surface area contributed by atoms with Crippen LogP contribution >= 0.6 is 0 Å². The average Bonchev–Trinajstić information content (AvgIpc) is 3.52. The molecule has 3 saturated heterocycles. The van der Waals surface area contributed by atoms with Gasteiger partial charge in [-0.15, -0.1) is 0 Å². The van der Waals surface area contributed by atoms with E-state index in [0.717, 1.165) is 31.2 Å². The van der Waals surface area contributed by atoms with E-state index in [2.05, 4.69) is 21.3 Å². The minimum absolute atomic E-state index is 0.0156. The SMILES string of the molecule is CNC(C)C(=O)N[C@H]1CCCC[C@H]2CC[C@@H](C(=O)NCc3cccc(C(=O)NC4COC(=O)C4)c3)N2C1=O. The Morgan fingerprint density at radius 1 is 1.08 bits per heavy atom. The van der Waals surface area contributed by atoms with Crippen LogP contribution in [0.4, 0.5) is 0 Å². The van der Waals surface area contributed by atoms with E-state index < -0.39 is 18.1 Å². The summed E-state index contributed by atoms with van der Waals surface area (Å²) >= 11 is 0. The number of fused-ring (bicyclic) bond motifs is 1. The first kappa shape index (κ1) is 27.6. The molecule has 5 atom stereocenters. The number of nitrogens with one attached hydrogen (secondary N) is 4. The van der Waals surface area contributed by atoms with Crippen LogP contribution in [0.5, 0.6) is 0 Å². The van der Waals surface area contributed by atoms with E-state index in [1.165, 1.54) is 0 Å². The molecule has 4 N–H and O–H groups in total. The van der Waals surface area contributed by atoms with E-state index in [4.69, 9.17) is 4.74 Å². The summed E-state index contributed by atoms with van der Waals surface area (Å²) in [6, 6.07) is 4.88. The zero-order chi connectivity index (χ0) is 27.2. The predicted octanol–water partition coefficient (Wildman–Crippen LogP) is 0.374. The zero-order valence-electron chi connectivity index (χ0n) is 22.0. The molecule has 3 aliphatic rings. The lowest BCUT2D eigenvalue weighted by atomic mass is 9.98. The van der Waals surface area contributed by atoms with E-state index >= 15 is 0 Å². The number of nitrogens with zero attached hydrogens (tertiary/aromatic N) is 1. The van der Waals surface area contributed by atoms with Crippen molar-refractivity contribution in [1.82, 2.24) is 26.2 Å². The fraction of sp³-hybridized carbons (Fsp3) is 0.593. The number of cyclic esters (lactones) is 1. The van der Waals surface area contributed by atoms with Crippen LogP contribution in [-0.4, -0.2) is 78.4 Å². The lowest BCUT2D eigenvalue weighted by Crippen LogP contribution is -2.57. The molecule has 1 aromatic rings. The quantitative estimate of drug-likeness (QED) is 0.358. The maximum atomic E-state index is 13.5. The van der Waals surface area contributed by atoms with Gasteiger partial charge in [0.05, 0.1) is 18.5 Å². The second kappa shape index (κ2) is 12.4. The van der Waals surface area contributed by atoms with Crippen molar-refractivity contribution in [3.05, 3.63) is 35.4 Å². The van der Waals surface area contributed by atoms with Gasteiger partial charge >= 0.3 is 5.97 Å². The normalized spacial score (nSPS) is 26.0. The van der Waals surface area contributed by atoms with Crippen LogP contribution in [0.1, 0.15) is 67.8 Å². The first-order valence-corrected chi connectivity index (χ1v) is 13.4. The van der Waals surface area contributed by atoms with Crippen molar-refractivity contribution < 1.29 is 28.7 Å². The fourth-order valence-corrected chi connectivity index (χ4v) is 5.35. The summed E-state index contributed by atoms with van der Waals surface area (Å²) in [5.41, 5.74) is 1.16. The highest BCUT2D eigenvalue weighted by Gasteiger charge is 2.43. The number of hydrogen-bond acceptors (Lipinski definition) is 7. The van der Waals surface area contributed by atoms with Gasteiger partial charge in [-0.05, 0) is 57.4 Å². The van der Waals surface area contributed by atoms with E-state index in [1.54, 1.807) is 37.1 Å². The van der Waals surface area contributed by atoms with Crippen molar-refractivity contribution in [3.8, 4) is 0 Å². The largest absolute Gasteiger partial charge is 0.463 e. The van der Waals surface area contributed by atoms with Gasteiger partial charge in [-0.25, -0.2) is 0 Å². The Bertz CT molecular complexity index is 1080. The summed E-state index contributed by atoms with van der Waals surface area (Å²) in [6.45, 7) is 2.10. The van der Waals surface area contributed by atoms with Crippen molar-refractivity contribution in [3.63, 3.8) is 0 Å². The molecule has 11 heteroatoms. The molecule has 0 saturated carbocycles. The molecule has 4 rings (SSSR count). The molecule has 0 radical (unpaired) electrons. The smallest absolute Gasteiger partial charge is 0.308 e. The number of benzene rings is 1. The third-order valence-corrected chi connectivity index (χ3v) is 7.63. The van der Waals surface area contributed by atoms with E-state index in [1.807, 2.05) is 6.07 Å². The number of likely N-dealkylation sites (N-methyl/N-ethyl adjacent to an activating group) is 1. The zero-order valence-corrected chi connectivity index (χ0v) is 22.0. The van der Waals surface area contributed by atoms with Crippen molar-refractivity contribution in [2.75, 3.05) is 13.7 Å². The summed E-state index contributed by atoms with van der Waals surface area (Å²) < 4.78 is 4.89. The number of rotatable bonds is 8. The lowest BCUT2D eigenvalue weighted by molar-refractivity contribution is -0.144. The third kappa shape index (κ3) is 6.50. The Hall–Kier alpha value is -3.47. The van der Waals surface area contributed by atoms with Crippen molar-refractivity contribution in [2.24, 2.45) is 0 Å². The maximum absolute atomic E-state index is 13.5. The van der Waals surface area contributed by atoms with Crippen LogP contribution in [-0.2, 0) is 30.5 Å². The Balaban J connectivity index is 1.37. The van der Waals surface area contributed by atoms with Crippen molar-refractivity contribution in [1.29, 1.82) is 0 Å². The maximum Gasteiger partial charge on any atom is 0.308 e. The van der Waals surface area contributed by atoms with Gasteiger partial charge in [-0.3, -0.25) is 24.0 Å². The molecule has 2 unspecified atom stereocenters. The highest BCUT2D eigenvalue weighted by molar-refractivity contribution is 5.95. The second-order valence-electron chi connectivity index (χ2n) is 10.3. The highest BCUT2D eigenvalue weighted by Crippen LogP contribution is 2.31. The van der Waals surface area contributed by atoms with Gasteiger partial charge in [0, 0.05) is 18.2 Å². The standard InChI is InChI=1S/C27H37N5O6/c1-16(28-2)24(34)31-21-9-4-3-8-20-10-11-22(32(20)27(21)37)26(36)29-14-17-6-5-7-18(12-17)25(35)30-19-13-23(33)38-15-19/h5-7,12,16,19-22,28H,3-4,8-11,13-15H2,1-2H3,(H,29,36)(H,30,35)(H,31,34)/t16?,19?,20-,21-,22-/m0/s1. The number of hydrogen-bond donors (Lipinski definition) is 4. The molecular weight excluding hydrogens is 490 g/mol. The first-order valence-electron chi connectivity index (χ1n) is 13.4. The minimum atomic E-state index is -0.648. The van der Waals surface area contributed by atoms with Gasteiger partial charge in [0.15, 0.2) is 0 Å². The van der Waals surface area contributed by atoms with Crippen LogP contribution in [0.25, 0.3) is 0 Å². The molecule has 206 valence electrons. The third-order valence-electron chi connectivity index (χ3n) is 7.63. The van der Waals surface area contributed by atoms with Crippen LogP contribution in [0, 0.1) is 0 Å². The van der Waals surface area contributed by atoms with E-state index in [0.29, 0.717) is 18.4 Å². The molecule has 3 fully saturated rings. The summed E-state index contributed by atoms with van der Waals surface area (Å²) in [4.78, 5) is 64.8. The lowest BCUT2D eigenvalue weighted by Gasteiger charge is -2.35. The summed E-state index contributed by atoms with van der Waals surface area (Å²) in [5, 5.41) is 11.5. The predicted molar refractivity (Wildman–Crippen MR) is 138 cm³/mol. The Morgan fingerprint density at radius 3 is 2.61 bits per heavy atom. The van der Waals surface area contributed by atoms with E-state index in [-0.39, 0.29) is 61.3 Å². The molecule has 0 bridgehead atoms. The first-order chi connectivity index (χ1) is 18.3. The van der Waals surface area contributed by atoms with Crippen molar-refractivity contribution in [2.45, 2.75) is 88.6 Å². The monoisotopic (exact) mass is 527 g/mol. The summed E-state index contributed by atoms with van der Waals surface area (Å²) in [5.74, 6) is -1.32. The van der Waals surface area contributed by atoms with Gasteiger partial charge in [0.25, 0.3) is 5.91 Å². The highest BCUT2D eigenvalue weighted by atomic mass is 16.5. The van der Waals surface area contributed by atoms with Gasteiger partial charge in [0.2, 0.25) is 17.7 Å². The van der Waals surface area contributed by atoms with Gasteiger partial charge in [-0.2, -0.15) is 0 Å². The Kier molecular flexibility index (Phi) is 8.98. The molecular formula is C27H37N5O6. The molecule has 0 aliphatic carbocycles. The fourth-order valence-electron chi connectivity index (χ4n) is 5.35. The molecule has 3 heterocycles. The number of esters is 1. The number of amides is 4. The topological polar surface area (TPSA) is 146 Å². The van der Waals surface area contributed by atoms with Crippen LogP contribution in [0.15, 0.2) is 24.3 Å². The minimum Gasteiger partial charge on any atom is -0.463 e. The van der Waals surface area contributed by atoms with Gasteiger partial charge < -0.3 is 30.9 Å². The Morgan fingerprint density at radius 2 is 1.87 bits per heavy atom. The number of carbonyl (C=O) groups is 5. The van der Waals surface area contributed by atoms with Crippen molar-refractivity contribution >= 4 is 29.6 Å². The Labute approximate surface area is 222 Å². The summed E-state index contributed by atoms with van der Waals surface area (Å²) in [6.07, 6.45) is 4.65. The molecule has 11 nitrogen and oxygen atoms in total. The average molecular weight is 528 g/mol.